The molecule has 0 bridgehead atoms. The second-order valence-electron chi connectivity index (χ2n) is 3.88. The molecule has 1 aliphatic heterocycles. The number of rotatable bonds is 0. The van der Waals surface area contributed by atoms with Crippen molar-refractivity contribution in [3.05, 3.63) is 33.4 Å². The first-order valence-electron chi connectivity index (χ1n) is 4.92. The molecule has 0 saturated carbocycles. The van der Waals surface area contributed by atoms with Crippen molar-refractivity contribution in [3.63, 3.8) is 0 Å². The molecule has 17 heavy (non-hydrogen) atoms. The summed E-state index contributed by atoms with van der Waals surface area (Å²) in [7, 11) is 1.61. The minimum atomic E-state index is -0.354. The standard InChI is InChI=1S/C10H7N5O2/c1-14-4-6-7(10(14)17)13-8-5(2-11)3-12-15(8)9(6)16/h3,13H,4H2,1H3. The fourth-order valence-electron chi connectivity index (χ4n) is 1.96. The molecule has 0 radical (unpaired) electrons. The highest BCUT2D eigenvalue weighted by Gasteiger charge is 2.29. The van der Waals surface area contributed by atoms with E-state index in [0.717, 1.165) is 4.52 Å². The lowest BCUT2D eigenvalue weighted by Gasteiger charge is -2.03. The van der Waals surface area contributed by atoms with E-state index in [9.17, 15) is 9.59 Å². The molecule has 0 atom stereocenters. The smallest absolute Gasteiger partial charge is 0.280 e. The molecular formula is C10H7N5O2. The zero-order chi connectivity index (χ0) is 12.2. The van der Waals surface area contributed by atoms with Gasteiger partial charge < -0.3 is 9.88 Å². The van der Waals surface area contributed by atoms with Crippen LogP contribution in [0.2, 0.25) is 0 Å². The number of nitrogens with zero attached hydrogens (tertiary/aromatic N) is 4. The van der Waals surface area contributed by atoms with Gasteiger partial charge in [-0.3, -0.25) is 9.59 Å². The Labute approximate surface area is 94.9 Å². The van der Waals surface area contributed by atoms with Crippen LogP contribution >= 0.6 is 0 Å². The summed E-state index contributed by atoms with van der Waals surface area (Å²) in [5.41, 5.74) is 0.791. The molecule has 0 fully saturated rings. The Kier molecular flexibility index (Phi) is 1.66. The average molecular weight is 229 g/mol. The molecule has 1 amide bonds. The number of nitrogens with one attached hydrogen (secondary N) is 1. The zero-order valence-electron chi connectivity index (χ0n) is 8.89. The Bertz CT molecular complexity index is 748. The van der Waals surface area contributed by atoms with E-state index in [1.165, 1.54) is 11.1 Å². The monoisotopic (exact) mass is 229 g/mol. The normalized spacial score (nSPS) is 14.1. The SMILES string of the molecule is CN1Cc2c([nH]c3c(C#N)cnn3c2=O)C1=O. The third kappa shape index (κ3) is 1.06. The predicted octanol–water partition coefficient (Wildman–Crippen LogP) is -0.520. The molecule has 1 N–H and O–H groups in total. The van der Waals surface area contributed by atoms with Crippen molar-refractivity contribution in [1.82, 2.24) is 19.5 Å². The highest BCUT2D eigenvalue weighted by molar-refractivity contribution is 5.96. The van der Waals surface area contributed by atoms with Crippen molar-refractivity contribution in [3.8, 4) is 6.07 Å². The molecule has 0 spiro atoms. The van der Waals surface area contributed by atoms with E-state index < -0.39 is 0 Å². The molecular weight excluding hydrogens is 222 g/mol. The van der Waals surface area contributed by atoms with Crippen LogP contribution in [0.25, 0.3) is 5.65 Å². The van der Waals surface area contributed by atoms with Crippen molar-refractivity contribution in [2.75, 3.05) is 7.05 Å². The minimum absolute atomic E-state index is 0.243. The van der Waals surface area contributed by atoms with Crippen molar-refractivity contribution in [1.29, 1.82) is 5.26 Å². The second kappa shape index (κ2) is 2.95. The largest absolute Gasteiger partial charge is 0.336 e. The molecule has 3 rings (SSSR count). The predicted molar refractivity (Wildman–Crippen MR) is 56.3 cm³/mol. The van der Waals surface area contributed by atoms with Crippen molar-refractivity contribution >= 4 is 11.6 Å². The summed E-state index contributed by atoms with van der Waals surface area (Å²) in [6, 6.07) is 1.92. The van der Waals surface area contributed by atoms with Crippen molar-refractivity contribution in [2.45, 2.75) is 6.54 Å². The van der Waals surface area contributed by atoms with Crippen LogP contribution in [-0.4, -0.2) is 32.5 Å². The van der Waals surface area contributed by atoms with Crippen LogP contribution in [0.3, 0.4) is 0 Å². The van der Waals surface area contributed by atoms with Crippen LogP contribution in [-0.2, 0) is 6.54 Å². The summed E-state index contributed by atoms with van der Waals surface area (Å²) >= 11 is 0. The molecule has 0 aliphatic carbocycles. The summed E-state index contributed by atoms with van der Waals surface area (Å²) < 4.78 is 1.11. The topological polar surface area (TPSA) is 94.3 Å². The summed E-state index contributed by atoms with van der Waals surface area (Å²) in [4.78, 5) is 28.0. The molecule has 3 heterocycles. The van der Waals surface area contributed by atoms with Crippen LogP contribution in [0.4, 0.5) is 0 Å². The van der Waals surface area contributed by atoms with Crippen molar-refractivity contribution < 1.29 is 4.79 Å². The van der Waals surface area contributed by atoms with Gasteiger partial charge in [0.15, 0.2) is 5.65 Å². The van der Waals surface area contributed by atoms with Gasteiger partial charge in [-0.25, -0.2) is 0 Å². The first-order chi connectivity index (χ1) is 8.13. The summed E-state index contributed by atoms with van der Waals surface area (Å²) in [5, 5.41) is 12.7. The number of hydrogen-bond acceptors (Lipinski definition) is 4. The Morgan fingerprint density at radius 2 is 2.29 bits per heavy atom. The minimum Gasteiger partial charge on any atom is -0.336 e. The van der Waals surface area contributed by atoms with E-state index in [4.69, 9.17) is 5.26 Å². The maximum absolute atomic E-state index is 12.0. The van der Waals surface area contributed by atoms with E-state index in [1.54, 1.807) is 7.05 Å². The van der Waals surface area contributed by atoms with Crippen LogP contribution in [0.5, 0.6) is 0 Å². The van der Waals surface area contributed by atoms with Gasteiger partial charge in [-0.2, -0.15) is 14.9 Å². The molecule has 0 saturated heterocycles. The van der Waals surface area contributed by atoms with Gasteiger partial charge in [-0.15, -0.1) is 0 Å². The second-order valence-corrected chi connectivity index (χ2v) is 3.88. The number of nitriles is 1. The lowest BCUT2D eigenvalue weighted by atomic mass is 10.2. The van der Waals surface area contributed by atoms with E-state index in [1.807, 2.05) is 6.07 Å². The number of amides is 1. The van der Waals surface area contributed by atoms with Gasteiger partial charge in [-0.1, -0.05) is 0 Å². The van der Waals surface area contributed by atoms with Gasteiger partial charge in [0.2, 0.25) is 0 Å². The number of aromatic amines is 1. The Hall–Kier alpha value is -2.62. The van der Waals surface area contributed by atoms with Crippen LogP contribution in [0, 0.1) is 11.3 Å². The van der Waals surface area contributed by atoms with Gasteiger partial charge in [0.1, 0.15) is 17.3 Å². The number of carbonyl (C=O) groups is 1. The Morgan fingerprint density at radius 1 is 1.53 bits per heavy atom. The van der Waals surface area contributed by atoms with Gasteiger partial charge in [0.05, 0.1) is 18.3 Å². The molecule has 7 nitrogen and oxygen atoms in total. The number of fused-ring (bicyclic) bond motifs is 2. The summed E-state index contributed by atoms with van der Waals surface area (Å²) in [5.74, 6) is -0.246. The fourth-order valence-corrected chi connectivity index (χ4v) is 1.96. The van der Waals surface area contributed by atoms with Gasteiger partial charge in [0.25, 0.3) is 11.5 Å². The third-order valence-electron chi connectivity index (χ3n) is 2.84. The number of hydrogen-bond donors (Lipinski definition) is 1. The number of carbonyl (C=O) groups excluding carboxylic acids is 1. The third-order valence-corrected chi connectivity index (χ3v) is 2.84. The number of H-pyrrole nitrogens is 1. The van der Waals surface area contributed by atoms with Crippen LogP contribution in [0.15, 0.2) is 11.0 Å². The molecule has 0 unspecified atom stereocenters. The number of aromatic nitrogens is 3. The highest BCUT2D eigenvalue weighted by atomic mass is 16.2. The molecule has 7 heteroatoms. The molecule has 2 aromatic rings. The van der Waals surface area contributed by atoms with E-state index in [-0.39, 0.29) is 34.9 Å². The molecule has 0 aromatic carbocycles. The lowest BCUT2D eigenvalue weighted by Crippen LogP contribution is -2.20. The van der Waals surface area contributed by atoms with Crippen LogP contribution < -0.4 is 5.56 Å². The van der Waals surface area contributed by atoms with Gasteiger partial charge >= 0.3 is 0 Å². The van der Waals surface area contributed by atoms with E-state index in [0.29, 0.717) is 5.56 Å². The lowest BCUT2D eigenvalue weighted by molar-refractivity contribution is 0.0812. The fraction of sp³-hybridized carbons (Fsp3) is 0.200. The van der Waals surface area contributed by atoms with Gasteiger partial charge in [-0.05, 0) is 0 Å². The quantitative estimate of drug-likeness (QED) is 0.657. The zero-order valence-corrected chi connectivity index (χ0v) is 8.89. The van der Waals surface area contributed by atoms with Gasteiger partial charge in [0, 0.05) is 7.05 Å². The maximum atomic E-state index is 12.0. The Morgan fingerprint density at radius 3 is 3.00 bits per heavy atom. The Balaban J connectivity index is 2.46. The average Bonchev–Trinajstić information content (AvgIpc) is 2.85. The molecule has 84 valence electrons. The molecule has 1 aliphatic rings. The molecule has 2 aromatic heterocycles. The van der Waals surface area contributed by atoms with E-state index in [2.05, 4.69) is 10.1 Å². The highest BCUT2D eigenvalue weighted by Crippen LogP contribution is 2.17. The van der Waals surface area contributed by atoms with Crippen molar-refractivity contribution in [2.24, 2.45) is 0 Å². The summed E-state index contributed by atoms with van der Waals surface area (Å²) in [6.45, 7) is 0.265. The first kappa shape index (κ1) is 9.59. The maximum Gasteiger partial charge on any atom is 0.280 e. The van der Waals surface area contributed by atoms with E-state index >= 15 is 0 Å². The van der Waals surface area contributed by atoms with Crippen LogP contribution in [0.1, 0.15) is 21.6 Å². The summed E-state index contributed by atoms with van der Waals surface area (Å²) in [6.07, 6.45) is 1.30. The first-order valence-corrected chi connectivity index (χ1v) is 4.92.